The van der Waals surface area contributed by atoms with Gasteiger partial charge in [0.05, 0.1) is 32.4 Å². The molecule has 0 saturated carbocycles. The smallest absolute Gasteiger partial charge is 0.201 e. The molecule has 23 heavy (non-hydrogen) atoms. The van der Waals surface area contributed by atoms with Crippen LogP contribution in [0.15, 0.2) is 36.4 Å². The topological polar surface area (TPSA) is 68.4 Å². The number of H-pyrrole nitrogens is 1. The summed E-state index contributed by atoms with van der Waals surface area (Å²) in [6.45, 7) is 0.665. The second-order valence-electron chi connectivity index (χ2n) is 5.01. The number of rotatable bonds is 6. The molecule has 0 aliphatic heterocycles. The molecule has 0 radical (unpaired) electrons. The number of nitrogens with zero attached hydrogens (tertiary/aromatic N) is 1. The Morgan fingerprint density at radius 3 is 2.30 bits per heavy atom. The Balaban J connectivity index is 1.77. The predicted octanol–water partition coefficient (Wildman–Crippen LogP) is 3.20. The number of benzene rings is 2. The summed E-state index contributed by atoms with van der Waals surface area (Å²) in [7, 11) is 4.88. The Bertz CT molecular complexity index is 756. The van der Waals surface area contributed by atoms with Crippen molar-refractivity contribution in [2.75, 3.05) is 26.6 Å². The largest absolute Gasteiger partial charge is 0.497 e. The van der Waals surface area contributed by atoms with Gasteiger partial charge in [0, 0.05) is 18.7 Å². The molecule has 0 bridgehead atoms. The zero-order chi connectivity index (χ0) is 16.2. The second kappa shape index (κ2) is 6.48. The van der Waals surface area contributed by atoms with Gasteiger partial charge in [-0.1, -0.05) is 12.1 Å². The normalized spacial score (nSPS) is 10.6. The molecule has 2 N–H and O–H groups in total. The lowest BCUT2D eigenvalue weighted by atomic mass is 10.2. The summed E-state index contributed by atoms with van der Waals surface area (Å²) in [6.07, 6.45) is 0. The van der Waals surface area contributed by atoms with Crippen LogP contribution in [0.5, 0.6) is 17.2 Å². The molecule has 0 fully saturated rings. The third-order valence-electron chi connectivity index (χ3n) is 3.61. The van der Waals surface area contributed by atoms with Gasteiger partial charge in [0.1, 0.15) is 5.75 Å². The summed E-state index contributed by atoms with van der Waals surface area (Å²) >= 11 is 0. The van der Waals surface area contributed by atoms with E-state index in [1.807, 2.05) is 36.4 Å². The van der Waals surface area contributed by atoms with Crippen molar-refractivity contribution in [3.63, 3.8) is 0 Å². The van der Waals surface area contributed by atoms with Crippen molar-refractivity contribution in [3.05, 3.63) is 42.0 Å². The highest BCUT2D eigenvalue weighted by Gasteiger charge is 2.09. The van der Waals surface area contributed by atoms with Crippen LogP contribution in [0.1, 0.15) is 5.56 Å². The molecule has 0 spiro atoms. The number of anilines is 1. The quantitative estimate of drug-likeness (QED) is 0.731. The molecule has 1 aromatic heterocycles. The van der Waals surface area contributed by atoms with Crippen LogP contribution in [0.4, 0.5) is 5.95 Å². The first-order chi connectivity index (χ1) is 11.2. The minimum Gasteiger partial charge on any atom is -0.497 e. The first kappa shape index (κ1) is 15.0. The maximum absolute atomic E-state index is 5.30. The minimum absolute atomic E-state index is 0.660. The van der Waals surface area contributed by atoms with E-state index in [2.05, 4.69) is 15.3 Å². The first-order valence-electron chi connectivity index (χ1n) is 7.22. The molecule has 0 unspecified atom stereocenters. The summed E-state index contributed by atoms with van der Waals surface area (Å²) in [5.74, 6) is 2.88. The Morgan fingerprint density at radius 2 is 1.65 bits per heavy atom. The highest BCUT2D eigenvalue weighted by Crippen LogP contribution is 2.31. The standard InChI is InChI=1S/C17H19N3O3/c1-21-12-6-4-11(5-7-12)10-18-17-19-13-8-15(22-2)16(23-3)9-14(13)20-17/h4-9H,10H2,1-3H3,(H2,18,19,20). The zero-order valence-electron chi connectivity index (χ0n) is 13.3. The molecule has 0 aliphatic rings. The molecule has 120 valence electrons. The number of aromatic nitrogens is 2. The van der Waals surface area contributed by atoms with Crippen molar-refractivity contribution in [1.82, 2.24) is 9.97 Å². The SMILES string of the molecule is COc1ccc(CNc2nc3cc(OC)c(OC)cc3[nH]2)cc1. The summed E-state index contributed by atoms with van der Waals surface area (Å²) in [5, 5.41) is 3.27. The van der Waals surface area contributed by atoms with Crippen molar-refractivity contribution in [1.29, 1.82) is 0 Å². The fourth-order valence-corrected chi connectivity index (χ4v) is 2.35. The number of methoxy groups -OCH3 is 3. The number of aromatic amines is 1. The Labute approximate surface area is 134 Å². The van der Waals surface area contributed by atoms with Gasteiger partial charge in [0.15, 0.2) is 11.5 Å². The number of nitrogens with one attached hydrogen (secondary N) is 2. The van der Waals surface area contributed by atoms with Gasteiger partial charge < -0.3 is 24.5 Å². The van der Waals surface area contributed by atoms with Crippen LogP contribution in [0.2, 0.25) is 0 Å². The Kier molecular flexibility index (Phi) is 4.23. The van der Waals surface area contributed by atoms with Gasteiger partial charge in [-0.05, 0) is 17.7 Å². The number of hydrogen-bond donors (Lipinski definition) is 2. The average Bonchev–Trinajstić information content (AvgIpc) is 3.00. The molecule has 3 aromatic rings. The van der Waals surface area contributed by atoms with E-state index >= 15 is 0 Å². The predicted molar refractivity (Wildman–Crippen MR) is 89.5 cm³/mol. The van der Waals surface area contributed by atoms with Gasteiger partial charge in [0.25, 0.3) is 0 Å². The van der Waals surface area contributed by atoms with Crippen LogP contribution in [0.3, 0.4) is 0 Å². The molecule has 6 nitrogen and oxygen atoms in total. The van der Waals surface area contributed by atoms with Crippen molar-refractivity contribution in [3.8, 4) is 17.2 Å². The van der Waals surface area contributed by atoms with Gasteiger partial charge >= 0.3 is 0 Å². The highest BCUT2D eigenvalue weighted by molar-refractivity contribution is 5.81. The molecular weight excluding hydrogens is 294 g/mol. The third-order valence-corrected chi connectivity index (χ3v) is 3.61. The zero-order valence-corrected chi connectivity index (χ0v) is 13.3. The third kappa shape index (κ3) is 3.15. The van der Waals surface area contributed by atoms with Gasteiger partial charge in [-0.25, -0.2) is 4.98 Å². The van der Waals surface area contributed by atoms with Crippen molar-refractivity contribution >= 4 is 17.0 Å². The first-order valence-corrected chi connectivity index (χ1v) is 7.22. The number of imidazole rings is 1. The molecule has 0 aliphatic carbocycles. The second-order valence-corrected chi connectivity index (χ2v) is 5.01. The monoisotopic (exact) mass is 313 g/mol. The maximum atomic E-state index is 5.30. The van der Waals surface area contributed by atoms with Crippen LogP contribution in [-0.2, 0) is 6.54 Å². The van der Waals surface area contributed by atoms with Crippen molar-refractivity contribution in [2.24, 2.45) is 0 Å². The maximum Gasteiger partial charge on any atom is 0.201 e. The number of ether oxygens (including phenoxy) is 3. The van der Waals surface area contributed by atoms with E-state index in [4.69, 9.17) is 14.2 Å². The van der Waals surface area contributed by atoms with E-state index in [1.54, 1.807) is 21.3 Å². The Hall–Kier alpha value is -2.89. The molecule has 0 saturated heterocycles. The van der Waals surface area contributed by atoms with Crippen LogP contribution in [-0.4, -0.2) is 31.3 Å². The van der Waals surface area contributed by atoms with E-state index in [1.165, 1.54) is 0 Å². The molecule has 6 heteroatoms. The number of fused-ring (bicyclic) bond motifs is 1. The van der Waals surface area contributed by atoms with E-state index < -0.39 is 0 Å². The van der Waals surface area contributed by atoms with Crippen LogP contribution >= 0.6 is 0 Å². The molecule has 3 rings (SSSR count). The van der Waals surface area contributed by atoms with E-state index in [9.17, 15) is 0 Å². The van der Waals surface area contributed by atoms with Crippen LogP contribution in [0, 0.1) is 0 Å². The fourth-order valence-electron chi connectivity index (χ4n) is 2.35. The van der Waals surface area contributed by atoms with Gasteiger partial charge in [-0.15, -0.1) is 0 Å². The van der Waals surface area contributed by atoms with Gasteiger partial charge in [-0.3, -0.25) is 0 Å². The minimum atomic E-state index is 0.660. The van der Waals surface area contributed by atoms with Crippen LogP contribution in [0.25, 0.3) is 11.0 Å². The molecule has 0 atom stereocenters. The molecule has 0 amide bonds. The van der Waals surface area contributed by atoms with Crippen LogP contribution < -0.4 is 19.5 Å². The Morgan fingerprint density at radius 1 is 0.957 bits per heavy atom. The lowest BCUT2D eigenvalue weighted by molar-refractivity contribution is 0.356. The molecular formula is C17H19N3O3. The molecule has 2 aromatic carbocycles. The van der Waals surface area contributed by atoms with Crippen molar-refractivity contribution < 1.29 is 14.2 Å². The van der Waals surface area contributed by atoms with E-state index in [-0.39, 0.29) is 0 Å². The average molecular weight is 313 g/mol. The lowest BCUT2D eigenvalue weighted by Gasteiger charge is -2.06. The van der Waals surface area contributed by atoms with Gasteiger partial charge in [0.2, 0.25) is 5.95 Å². The summed E-state index contributed by atoms with van der Waals surface area (Å²) in [4.78, 5) is 7.75. The van der Waals surface area contributed by atoms with E-state index in [0.29, 0.717) is 24.0 Å². The molecule has 1 heterocycles. The lowest BCUT2D eigenvalue weighted by Crippen LogP contribution is -2.00. The van der Waals surface area contributed by atoms with Gasteiger partial charge in [-0.2, -0.15) is 0 Å². The highest BCUT2D eigenvalue weighted by atomic mass is 16.5. The number of hydrogen-bond acceptors (Lipinski definition) is 5. The van der Waals surface area contributed by atoms with Crippen molar-refractivity contribution in [2.45, 2.75) is 6.54 Å². The van der Waals surface area contributed by atoms with E-state index in [0.717, 1.165) is 22.3 Å². The fraction of sp³-hybridized carbons (Fsp3) is 0.235. The summed E-state index contributed by atoms with van der Waals surface area (Å²) in [6, 6.07) is 11.6. The summed E-state index contributed by atoms with van der Waals surface area (Å²) < 4.78 is 15.7. The summed E-state index contributed by atoms with van der Waals surface area (Å²) in [5.41, 5.74) is 2.85.